The molecule has 6 nitrogen and oxygen atoms in total. The third-order valence-electron chi connectivity index (χ3n) is 7.52. The van der Waals surface area contributed by atoms with Gasteiger partial charge in [-0.1, -0.05) is 115 Å². The molecule has 1 aliphatic rings. The molecule has 0 spiro atoms. The molecule has 0 saturated carbocycles. The van der Waals surface area contributed by atoms with Crippen molar-refractivity contribution < 1.29 is 14.4 Å². The molecule has 6 rings (SSSR count). The summed E-state index contributed by atoms with van der Waals surface area (Å²) in [6.07, 6.45) is 0. The SMILES string of the molecule is O=C(CN[P+]1([O-])N(Cc2cccc3ccccc23)CCN1Cc1cccc2ccccc12)OCc1ccccc1. The van der Waals surface area contributed by atoms with Crippen molar-refractivity contribution in [1.82, 2.24) is 14.4 Å². The van der Waals surface area contributed by atoms with Crippen LogP contribution < -0.4 is 9.98 Å². The molecular formula is C33H32N3O3P. The molecule has 5 aromatic rings. The lowest BCUT2D eigenvalue weighted by atomic mass is 10.0. The third kappa shape index (κ3) is 5.64. The molecule has 0 bridgehead atoms. The van der Waals surface area contributed by atoms with Gasteiger partial charge in [0.25, 0.3) is 0 Å². The number of hydrogen-bond acceptors (Lipinski definition) is 6. The largest absolute Gasteiger partial charge is 0.636 e. The lowest BCUT2D eigenvalue weighted by molar-refractivity contribution is -0.195. The summed E-state index contributed by atoms with van der Waals surface area (Å²) < 4.78 is 9.50. The van der Waals surface area contributed by atoms with E-state index in [-0.39, 0.29) is 13.2 Å². The lowest BCUT2D eigenvalue weighted by Gasteiger charge is -2.39. The third-order valence-corrected chi connectivity index (χ3v) is 10.3. The molecule has 7 heteroatoms. The molecule has 1 heterocycles. The Hall–Kier alpha value is -3.64. The molecule has 0 aliphatic carbocycles. The number of esters is 1. The van der Waals surface area contributed by atoms with E-state index in [1.54, 1.807) is 0 Å². The fraction of sp³-hybridized carbons (Fsp3) is 0.182. The van der Waals surface area contributed by atoms with Crippen molar-refractivity contribution in [2.45, 2.75) is 19.7 Å². The molecule has 5 aromatic carbocycles. The van der Waals surface area contributed by atoms with Crippen LogP contribution in [0.4, 0.5) is 0 Å². The van der Waals surface area contributed by atoms with Crippen molar-refractivity contribution in [3.8, 4) is 0 Å². The van der Waals surface area contributed by atoms with Crippen LogP contribution in [-0.4, -0.2) is 34.9 Å². The van der Waals surface area contributed by atoms with E-state index < -0.39 is 13.9 Å². The Kier molecular flexibility index (Phi) is 7.87. The van der Waals surface area contributed by atoms with E-state index in [0.717, 1.165) is 38.2 Å². The van der Waals surface area contributed by atoms with Gasteiger partial charge in [-0.2, -0.15) is 5.09 Å². The molecule has 0 aromatic heterocycles. The summed E-state index contributed by atoms with van der Waals surface area (Å²) in [5, 5.41) is 7.76. The van der Waals surface area contributed by atoms with E-state index in [1.165, 1.54) is 0 Å². The molecule has 40 heavy (non-hydrogen) atoms. The first-order valence-electron chi connectivity index (χ1n) is 13.6. The maximum absolute atomic E-state index is 14.9. The fourth-order valence-corrected chi connectivity index (χ4v) is 7.94. The van der Waals surface area contributed by atoms with E-state index in [0.29, 0.717) is 26.2 Å². The van der Waals surface area contributed by atoms with Crippen molar-refractivity contribution in [2.75, 3.05) is 19.6 Å². The zero-order chi connectivity index (χ0) is 27.4. The van der Waals surface area contributed by atoms with Crippen molar-refractivity contribution in [2.24, 2.45) is 0 Å². The summed E-state index contributed by atoms with van der Waals surface area (Å²) >= 11 is 0. The van der Waals surface area contributed by atoms with E-state index >= 15 is 0 Å². The number of nitrogens with one attached hydrogen (secondary N) is 1. The first kappa shape index (κ1) is 26.6. The number of carbonyl (C=O) groups excluding carboxylic acids is 1. The Labute approximate surface area is 235 Å². The normalized spacial score (nSPS) is 15.5. The van der Waals surface area contributed by atoms with Gasteiger partial charge in [0.15, 0.2) is 7.94 Å². The molecule has 1 fully saturated rings. The van der Waals surface area contributed by atoms with Crippen LogP contribution in [-0.2, 0) is 29.2 Å². The Morgan fingerprint density at radius 3 is 1.77 bits per heavy atom. The van der Waals surface area contributed by atoms with Gasteiger partial charge in [0.05, 0.1) is 26.2 Å². The second-order valence-corrected chi connectivity index (χ2v) is 12.6. The average molecular weight is 550 g/mol. The topological polar surface area (TPSA) is 67.9 Å². The summed E-state index contributed by atoms with van der Waals surface area (Å²) in [7, 11) is -3.31. The van der Waals surface area contributed by atoms with Crippen LogP contribution in [0, 0.1) is 0 Å². The van der Waals surface area contributed by atoms with Gasteiger partial charge >= 0.3 is 5.97 Å². The Balaban J connectivity index is 1.25. The zero-order valence-corrected chi connectivity index (χ0v) is 23.2. The van der Waals surface area contributed by atoms with Gasteiger partial charge < -0.3 is 9.63 Å². The van der Waals surface area contributed by atoms with Crippen LogP contribution in [0.1, 0.15) is 16.7 Å². The summed E-state index contributed by atoms with van der Waals surface area (Å²) in [5.74, 6) is -0.429. The minimum absolute atomic E-state index is 0.137. The summed E-state index contributed by atoms with van der Waals surface area (Å²) in [6, 6.07) is 38.5. The lowest BCUT2D eigenvalue weighted by Crippen LogP contribution is -2.44. The highest BCUT2D eigenvalue weighted by atomic mass is 31.2. The fourth-order valence-electron chi connectivity index (χ4n) is 5.44. The Morgan fingerprint density at radius 1 is 0.700 bits per heavy atom. The predicted molar refractivity (Wildman–Crippen MR) is 160 cm³/mol. The second-order valence-electron chi connectivity index (χ2n) is 10.1. The van der Waals surface area contributed by atoms with Crippen molar-refractivity contribution in [3.63, 3.8) is 0 Å². The van der Waals surface area contributed by atoms with Gasteiger partial charge in [-0.05, 0) is 38.2 Å². The van der Waals surface area contributed by atoms with Crippen LogP contribution in [0.25, 0.3) is 21.5 Å². The van der Waals surface area contributed by atoms with Gasteiger partial charge in [-0.25, -0.2) is 0 Å². The van der Waals surface area contributed by atoms with E-state index in [1.807, 2.05) is 76.1 Å². The molecule has 202 valence electrons. The maximum atomic E-state index is 14.9. The quantitative estimate of drug-likeness (QED) is 0.189. The van der Waals surface area contributed by atoms with Crippen LogP contribution >= 0.6 is 7.94 Å². The predicted octanol–water partition coefficient (Wildman–Crippen LogP) is 5.68. The first-order chi connectivity index (χ1) is 19.6. The highest BCUT2D eigenvalue weighted by Crippen LogP contribution is 2.58. The molecule has 0 radical (unpaired) electrons. The van der Waals surface area contributed by atoms with E-state index in [2.05, 4.69) is 53.6 Å². The van der Waals surface area contributed by atoms with Crippen LogP contribution in [0.15, 0.2) is 115 Å². The monoisotopic (exact) mass is 549 g/mol. The van der Waals surface area contributed by atoms with Gasteiger partial charge in [-0.3, -0.25) is 4.79 Å². The Morgan fingerprint density at radius 2 is 1.20 bits per heavy atom. The van der Waals surface area contributed by atoms with Gasteiger partial charge in [0.2, 0.25) is 0 Å². The summed E-state index contributed by atoms with van der Waals surface area (Å²) in [5.41, 5.74) is 3.14. The highest BCUT2D eigenvalue weighted by molar-refractivity contribution is 7.62. The molecule has 1 saturated heterocycles. The van der Waals surface area contributed by atoms with Crippen LogP contribution in [0.5, 0.6) is 0 Å². The highest BCUT2D eigenvalue weighted by Gasteiger charge is 2.48. The first-order valence-corrected chi connectivity index (χ1v) is 15.2. The molecule has 1 aliphatic heterocycles. The van der Waals surface area contributed by atoms with Crippen molar-refractivity contribution >= 4 is 35.5 Å². The van der Waals surface area contributed by atoms with Crippen molar-refractivity contribution in [1.29, 1.82) is 0 Å². The van der Waals surface area contributed by atoms with E-state index in [4.69, 9.17) is 4.74 Å². The smallest absolute Gasteiger partial charge is 0.323 e. The second kappa shape index (κ2) is 11.8. The van der Waals surface area contributed by atoms with Crippen LogP contribution in [0.3, 0.4) is 0 Å². The van der Waals surface area contributed by atoms with Crippen molar-refractivity contribution in [3.05, 3.63) is 132 Å². The average Bonchev–Trinajstić information content (AvgIpc) is 3.30. The molecule has 1 N–H and O–H groups in total. The number of carbonyl (C=O) groups is 1. The number of nitrogens with zero attached hydrogens (tertiary/aromatic N) is 2. The number of hydrogen-bond donors (Lipinski definition) is 1. The Bertz CT molecular complexity index is 1530. The van der Waals surface area contributed by atoms with Gasteiger partial charge in [-0.15, -0.1) is 9.34 Å². The summed E-state index contributed by atoms with van der Waals surface area (Å²) in [4.78, 5) is 27.6. The zero-order valence-electron chi connectivity index (χ0n) is 22.3. The number of ether oxygens (including phenoxy) is 1. The minimum atomic E-state index is -3.31. The minimum Gasteiger partial charge on any atom is -0.636 e. The standard InChI is InChI=1S/C33H32N3O3P/c37-33(39-25-26-10-2-1-3-11-26)22-34-40(38)35(23-29-16-8-14-27-12-4-6-18-31(27)29)20-21-36(40)24-30-17-9-15-28-13-5-7-19-32(28)30/h1-19H,20-25H2,(H,34,38). The maximum Gasteiger partial charge on any atom is 0.323 e. The van der Waals surface area contributed by atoms with Crippen LogP contribution in [0.2, 0.25) is 0 Å². The molecule has 0 unspecified atom stereocenters. The summed E-state index contributed by atoms with van der Waals surface area (Å²) in [6.45, 7) is 2.31. The number of rotatable bonds is 9. The number of benzene rings is 5. The molecule has 0 amide bonds. The van der Waals surface area contributed by atoms with E-state index in [9.17, 15) is 9.69 Å². The van der Waals surface area contributed by atoms with Gasteiger partial charge in [0, 0.05) is 0 Å². The molecular weight excluding hydrogens is 517 g/mol. The van der Waals surface area contributed by atoms with Gasteiger partial charge in [0.1, 0.15) is 13.2 Å². The molecule has 0 atom stereocenters. The number of fused-ring (bicyclic) bond motifs is 2.